The van der Waals surface area contributed by atoms with Crippen molar-refractivity contribution in [2.24, 2.45) is 0 Å². The minimum Gasteiger partial charge on any atom is -0.321 e. The van der Waals surface area contributed by atoms with E-state index in [4.69, 9.17) is 0 Å². The molecule has 3 aromatic rings. The molecular formula is C15H16N4OS2. The van der Waals surface area contributed by atoms with E-state index in [-0.39, 0.29) is 11.9 Å². The molecule has 0 unspecified atom stereocenters. The van der Waals surface area contributed by atoms with Gasteiger partial charge in [0.25, 0.3) is 5.91 Å². The summed E-state index contributed by atoms with van der Waals surface area (Å²) in [6, 6.07) is 7.70. The normalized spacial score (nSPS) is 11.3. The van der Waals surface area contributed by atoms with Gasteiger partial charge in [-0.15, -0.1) is 11.3 Å². The number of amides is 1. The second kappa shape index (κ2) is 6.10. The Morgan fingerprint density at radius 3 is 2.86 bits per heavy atom. The second-order valence-electron chi connectivity index (χ2n) is 5.10. The number of rotatable bonds is 4. The van der Waals surface area contributed by atoms with Gasteiger partial charge >= 0.3 is 0 Å². The van der Waals surface area contributed by atoms with Crippen molar-refractivity contribution < 1.29 is 4.79 Å². The van der Waals surface area contributed by atoms with Crippen molar-refractivity contribution in [3.05, 3.63) is 36.2 Å². The highest BCUT2D eigenvalue weighted by atomic mass is 32.2. The summed E-state index contributed by atoms with van der Waals surface area (Å²) in [6.45, 7) is 4.05. The number of thiazole rings is 1. The highest BCUT2D eigenvalue weighted by Gasteiger charge is 2.12. The smallest absolute Gasteiger partial charge is 0.276 e. The summed E-state index contributed by atoms with van der Waals surface area (Å²) >= 11 is 3.25. The number of nitrogens with zero attached hydrogens (tertiary/aromatic N) is 3. The summed E-state index contributed by atoms with van der Waals surface area (Å²) in [5.74, 6) is -0.201. The number of carbonyl (C=O) groups excluding carboxylic acids is 1. The van der Waals surface area contributed by atoms with Crippen molar-refractivity contribution in [1.82, 2.24) is 14.8 Å². The first kappa shape index (κ1) is 15.1. The van der Waals surface area contributed by atoms with Crippen molar-refractivity contribution in [2.75, 3.05) is 11.6 Å². The maximum atomic E-state index is 12.2. The molecule has 0 saturated carbocycles. The average Bonchev–Trinajstić information content (AvgIpc) is 3.13. The van der Waals surface area contributed by atoms with Crippen LogP contribution < -0.4 is 5.32 Å². The Kier molecular flexibility index (Phi) is 4.17. The van der Waals surface area contributed by atoms with E-state index >= 15 is 0 Å². The number of carbonyl (C=O) groups is 1. The molecule has 2 heterocycles. The Balaban J connectivity index is 1.80. The number of nitrogens with one attached hydrogen (secondary N) is 1. The first-order chi connectivity index (χ1) is 10.6. The van der Waals surface area contributed by atoms with Crippen LogP contribution in [0, 0.1) is 0 Å². The standard InChI is InChI=1S/C15H16N4OS2/c1-9(2)19-7-6-12(18-19)14(20)16-10-4-5-11-13(8-10)22-15(17-11)21-3/h4-9H,1-3H3,(H,16,20). The summed E-state index contributed by atoms with van der Waals surface area (Å²) in [6.07, 6.45) is 3.82. The molecule has 1 aromatic carbocycles. The summed E-state index contributed by atoms with van der Waals surface area (Å²) in [5.41, 5.74) is 2.13. The number of hydrogen-bond acceptors (Lipinski definition) is 5. The predicted molar refractivity (Wildman–Crippen MR) is 92.0 cm³/mol. The molecule has 114 valence electrons. The molecule has 3 rings (SSSR count). The van der Waals surface area contributed by atoms with Gasteiger partial charge in [-0.25, -0.2) is 4.98 Å². The molecule has 1 amide bonds. The van der Waals surface area contributed by atoms with Crippen LogP contribution in [0.3, 0.4) is 0 Å². The molecule has 1 N–H and O–H groups in total. The zero-order valence-electron chi connectivity index (χ0n) is 12.5. The minimum absolute atomic E-state index is 0.201. The largest absolute Gasteiger partial charge is 0.321 e. The van der Waals surface area contributed by atoms with Crippen LogP contribution in [0.2, 0.25) is 0 Å². The van der Waals surface area contributed by atoms with Gasteiger partial charge < -0.3 is 5.32 Å². The van der Waals surface area contributed by atoms with Crippen molar-refractivity contribution in [2.45, 2.75) is 24.2 Å². The lowest BCUT2D eigenvalue weighted by Gasteiger charge is -2.05. The van der Waals surface area contributed by atoms with Crippen molar-refractivity contribution in [1.29, 1.82) is 0 Å². The molecule has 22 heavy (non-hydrogen) atoms. The van der Waals surface area contributed by atoms with Gasteiger partial charge in [-0.3, -0.25) is 9.48 Å². The van der Waals surface area contributed by atoms with Crippen LogP contribution in [0.1, 0.15) is 30.4 Å². The number of anilines is 1. The van der Waals surface area contributed by atoms with E-state index in [9.17, 15) is 4.79 Å². The van der Waals surface area contributed by atoms with E-state index < -0.39 is 0 Å². The average molecular weight is 332 g/mol. The molecule has 0 aliphatic heterocycles. The van der Waals surface area contributed by atoms with Gasteiger partial charge in [0.2, 0.25) is 0 Å². The molecule has 0 aliphatic carbocycles. The maximum absolute atomic E-state index is 12.2. The Bertz CT molecular complexity index is 822. The fourth-order valence-corrected chi connectivity index (χ4v) is 3.54. The van der Waals surface area contributed by atoms with Gasteiger partial charge in [0, 0.05) is 17.9 Å². The van der Waals surface area contributed by atoms with Crippen LogP contribution in [0.4, 0.5) is 5.69 Å². The van der Waals surface area contributed by atoms with Crippen molar-refractivity contribution >= 4 is 44.9 Å². The molecule has 0 spiro atoms. The van der Waals surface area contributed by atoms with Crippen LogP contribution >= 0.6 is 23.1 Å². The van der Waals surface area contributed by atoms with Crippen molar-refractivity contribution in [3.8, 4) is 0 Å². The maximum Gasteiger partial charge on any atom is 0.276 e. The zero-order valence-corrected chi connectivity index (χ0v) is 14.2. The Morgan fingerprint density at radius 2 is 2.18 bits per heavy atom. The van der Waals surface area contributed by atoms with Gasteiger partial charge in [-0.1, -0.05) is 11.8 Å². The van der Waals surface area contributed by atoms with E-state index in [1.165, 1.54) is 0 Å². The highest BCUT2D eigenvalue weighted by molar-refractivity contribution is 8.00. The topological polar surface area (TPSA) is 59.8 Å². The van der Waals surface area contributed by atoms with Crippen molar-refractivity contribution in [3.63, 3.8) is 0 Å². The monoisotopic (exact) mass is 332 g/mol. The van der Waals surface area contributed by atoms with Crippen LogP contribution in [-0.4, -0.2) is 26.9 Å². The molecular weight excluding hydrogens is 316 g/mol. The van der Waals surface area contributed by atoms with Gasteiger partial charge in [0.1, 0.15) is 0 Å². The van der Waals surface area contributed by atoms with E-state index in [2.05, 4.69) is 15.4 Å². The van der Waals surface area contributed by atoms with Crippen LogP contribution in [0.15, 0.2) is 34.8 Å². The third-order valence-corrected chi connectivity index (χ3v) is 5.17. The van der Waals surface area contributed by atoms with Crippen LogP contribution in [-0.2, 0) is 0 Å². The molecule has 7 heteroatoms. The first-order valence-electron chi connectivity index (χ1n) is 6.88. The van der Waals surface area contributed by atoms with Crippen LogP contribution in [0.25, 0.3) is 10.2 Å². The highest BCUT2D eigenvalue weighted by Crippen LogP contribution is 2.30. The fourth-order valence-electron chi connectivity index (χ4n) is 2.01. The third kappa shape index (κ3) is 3.00. The third-order valence-electron chi connectivity index (χ3n) is 3.17. The molecule has 0 fully saturated rings. The molecule has 2 aromatic heterocycles. The Morgan fingerprint density at radius 1 is 1.36 bits per heavy atom. The number of fused-ring (bicyclic) bond motifs is 1. The second-order valence-corrected chi connectivity index (χ2v) is 7.18. The summed E-state index contributed by atoms with van der Waals surface area (Å²) in [7, 11) is 0. The van der Waals surface area contributed by atoms with E-state index in [0.717, 1.165) is 20.2 Å². The molecule has 0 atom stereocenters. The predicted octanol–water partition coefficient (Wildman–Crippen LogP) is 4.05. The number of hydrogen-bond donors (Lipinski definition) is 1. The zero-order chi connectivity index (χ0) is 15.7. The van der Waals surface area contributed by atoms with E-state index in [0.29, 0.717) is 5.69 Å². The SMILES string of the molecule is CSc1nc2ccc(NC(=O)c3ccn(C(C)C)n3)cc2s1. The molecule has 0 aliphatic rings. The molecule has 0 radical (unpaired) electrons. The molecule has 0 saturated heterocycles. The Hall–Kier alpha value is -1.86. The summed E-state index contributed by atoms with van der Waals surface area (Å²) in [5, 5.41) is 7.16. The number of aromatic nitrogens is 3. The van der Waals surface area contributed by atoms with Crippen LogP contribution in [0.5, 0.6) is 0 Å². The first-order valence-corrected chi connectivity index (χ1v) is 8.92. The van der Waals surface area contributed by atoms with Gasteiger partial charge in [0.05, 0.1) is 10.2 Å². The summed E-state index contributed by atoms with van der Waals surface area (Å²) < 4.78 is 3.86. The summed E-state index contributed by atoms with van der Waals surface area (Å²) in [4.78, 5) is 16.7. The Labute approximate surface area is 136 Å². The van der Waals surface area contributed by atoms with E-state index in [1.807, 2.05) is 44.5 Å². The lowest BCUT2D eigenvalue weighted by molar-refractivity contribution is 0.102. The molecule has 5 nitrogen and oxygen atoms in total. The van der Waals surface area contributed by atoms with Gasteiger partial charge in [-0.2, -0.15) is 5.10 Å². The minimum atomic E-state index is -0.201. The van der Waals surface area contributed by atoms with E-state index in [1.54, 1.807) is 33.8 Å². The van der Waals surface area contributed by atoms with Gasteiger partial charge in [0.15, 0.2) is 10.0 Å². The quantitative estimate of drug-likeness (QED) is 0.732. The number of thioether (sulfide) groups is 1. The number of benzene rings is 1. The van der Waals surface area contributed by atoms with Gasteiger partial charge in [-0.05, 0) is 44.4 Å². The lowest BCUT2D eigenvalue weighted by Crippen LogP contribution is -2.13. The molecule has 0 bridgehead atoms. The lowest BCUT2D eigenvalue weighted by atomic mass is 10.3. The fraction of sp³-hybridized carbons (Fsp3) is 0.267.